The predicted molar refractivity (Wildman–Crippen MR) is 105 cm³/mol. The summed E-state index contributed by atoms with van der Waals surface area (Å²) in [5.74, 6) is 2.09. The van der Waals surface area contributed by atoms with E-state index in [1.165, 1.54) is 0 Å². The van der Waals surface area contributed by atoms with E-state index in [0.29, 0.717) is 31.0 Å². The fourth-order valence-corrected chi connectivity index (χ4v) is 5.75. The van der Waals surface area contributed by atoms with Crippen LogP contribution < -0.4 is 10.6 Å². The maximum absolute atomic E-state index is 12.6. The number of carbonyl (C=O) groups excluding carboxylic acids is 1. The summed E-state index contributed by atoms with van der Waals surface area (Å²) >= 11 is 1.87. The SMILES string of the molecule is O=C(CC1CSCCN1)NCc1ccc(S(=O)(=O)N2CCCCC2)cc1. The fraction of sp³-hybridized carbons (Fsp3) is 0.611. The van der Waals surface area contributed by atoms with Gasteiger partial charge in [0.05, 0.1) is 4.90 Å². The van der Waals surface area contributed by atoms with Crippen LogP contribution in [0.1, 0.15) is 31.2 Å². The van der Waals surface area contributed by atoms with Crippen molar-refractivity contribution in [1.29, 1.82) is 0 Å². The minimum Gasteiger partial charge on any atom is -0.352 e. The van der Waals surface area contributed by atoms with Gasteiger partial charge < -0.3 is 10.6 Å². The van der Waals surface area contributed by atoms with Gasteiger partial charge in [-0.05, 0) is 30.5 Å². The lowest BCUT2D eigenvalue weighted by Crippen LogP contribution is -2.41. The second kappa shape index (κ2) is 9.21. The molecule has 0 aromatic heterocycles. The Morgan fingerprint density at radius 3 is 2.58 bits per heavy atom. The molecule has 0 radical (unpaired) electrons. The number of benzene rings is 1. The van der Waals surface area contributed by atoms with Crippen LogP contribution in [0.3, 0.4) is 0 Å². The van der Waals surface area contributed by atoms with Crippen molar-refractivity contribution < 1.29 is 13.2 Å². The lowest BCUT2D eigenvalue weighted by molar-refractivity contribution is -0.121. The third kappa shape index (κ3) is 5.22. The fourth-order valence-electron chi connectivity index (χ4n) is 3.28. The standard InChI is InChI=1S/C18H27N3O3S2/c22-18(12-16-14-25-11-8-19-16)20-13-15-4-6-17(7-5-15)26(23,24)21-9-2-1-3-10-21/h4-7,16,19H,1-3,8-14H2,(H,20,22). The van der Waals surface area contributed by atoms with Crippen LogP contribution in [0, 0.1) is 0 Å². The molecule has 2 aliphatic heterocycles. The van der Waals surface area contributed by atoms with E-state index in [4.69, 9.17) is 0 Å². The van der Waals surface area contributed by atoms with Gasteiger partial charge in [-0.2, -0.15) is 16.1 Å². The van der Waals surface area contributed by atoms with Crippen LogP contribution >= 0.6 is 11.8 Å². The molecule has 3 rings (SSSR count). The first-order chi connectivity index (χ1) is 12.6. The molecule has 6 nitrogen and oxygen atoms in total. The number of nitrogens with one attached hydrogen (secondary N) is 2. The number of rotatable bonds is 6. The normalized spacial score (nSPS) is 22.1. The maximum Gasteiger partial charge on any atom is 0.243 e. The average Bonchev–Trinajstić information content (AvgIpc) is 2.68. The Hall–Kier alpha value is -1.09. The lowest BCUT2D eigenvalue weighted by atomic mass is 10.2. The van der Waals surface area contributed by atoms with Crippen LogP contribution in [0.15, 0.2) is 29.2 Å². The molecule has 0 aliphatic carbocycles. The van der Waals surface area contributed by atoms with Crippen LogP contribution in [-0.4, -0.2) is 55.8 Å². The van der Waals surface area contributed by atoms with Crippen LogP contribution in [0.4, 0.5) is 0 Å². The molecule has 8 heteroatoms. The largest absolute Gasteiger partial charge is 0.352 e. The Morgan fingerprint density at radius 2 is 1.92 bits per heavy atom. The first-order valence-corrected chi connectivity index (χ1v) is 11.8. The minimum atomic E-state index is -3.39. The van der Waals surface area contributed by atoms with E-state index >= 15 is 0 Å². The average molecular weight is 398 g/mol. The van der Waals surface area contributed by atoms with Crippen molar-refractivity contribution in [2.75, 3.05) is 31.1 Å². The molecular formula is C18H27N3O3S2. The third-order valence-electron chi connectivity index (χ3n) is 4.80. The van der Waals surface area contributed by atoms with Gasteiger partial charge in [-0.15, -0.1) is 0 Å². The Bertz CT molecular complexity index is 695. The zero-order chi connectivity index (χ0) is 18.4. The number of hydrogen-bond acceptors (Lipinski definition) is 5. The van der Waals surface area contributed by atoms with Crippen LogP contribution in [-0.2, 0) is 21.4 Å². The molecule has 2 fully saturated rings. The summed E-state index contributed by atoms with van der Waals surface area (Å²) in [5, 5.41) is 6.27. The highest BCUT2D eigenvalue weighted by atomic mass is 32.2. The number of nitrogens with zero attached hydrogens (tertiary/aromatic N) is 1. The highest BCUT2D eigenvalue weighted by molar-refractivity contribution is 7.99. The number of piperidine rings is 1. The molecule has 0 bridgehead atoms. The van der Waals surface area contributed by atoms with Gasteiger partial charge in [-0.1, -0.05) is 18.6 Å². The molecule has 1 unspecified atom stereocenters. The molecule has 0 saturated carbocycles. The summed E-state index contributed by atoms with van der Waals surface area (Å²) < 4.78 is 26.8. The van der Waals surface area contributed by atoms with Gasteiger partial charge in [0.25, 0.3) is 0 Å². The van der Waals surface area contributed by atoms with E-state index in [2.05, 4.69) is 10.6 Å². The zero-order valence-electron chi connectivity index (χ0n) is 14.9. The van der Waals surface area contributed by atoms with Gasteiger partial charge in [0.1, 0.15) is 0 Å². The van der Waals surface area contributed by atoms with Crippen molar-refractivity contribution in [2.24, 2.45) is 0 Å². The highest BCUT2D eigenvalue weighted by Gasteiger charge is 2.25. The second-order valence-electron chi connectivity index (χ2n) is 6.82. The number of hydrogen-bond donors (Lipinski definition) is 2. The lowest BCUT2D eigenvalue weighted by Gasteiger charge is -2.25. The van der Waals surface area contributed by atoms with Gasteiger partial charge in [0, 0.05) is 50.1 Å². The molecule has 2 aliphatic rings. The minimum absolute atomic E-state index is 0.0232. The second-order valence-corrected chi connectivity index (χ2v) is 9.90. The first-order valence-electron chi connectivity index (χ1n) is 9.22. The van der Waals surface area contributed by atoms with Gasteiger partial charge in [-0.25, -0.2) is 8.42 Å². The summed E-state index contributed by atoms with van der Waals surface area (Å²) in [4.78, 5) is 12.4. The number of sulfonamides is 1. The van der Waals surface area contributed by atoms with Gasteiger partial charge in [-0.3, -0.25) is 4.79 Å². The summed E-state index contributed by atoms with van der Waals surface area (Å²) in [5.41, 5.74) is 0.905. The summed E-state index contributed by atoms with van der Waals surface area (Å²) in [6.07, 6.45) is 3.43. The molecule has 26 heavy (non-hydrogen) atoms. The molecule has 2 saturated heterocycles. The van der Waals surface area contributed by atoms with E-state index < -0.39 is 10.0 Å². The molecule has 1 amide bonds. The predicted octanol–water partition coefficient (Wildman–Crippen LogP) is 1.57. The quantitative estimate of drug-likeness (QED) is 0.762. The Kier molecular flexibility index (Phi) is 6.97. The molecule has 2 N–H and O–H groups in total. The van der Waals surface area contributed by atoms with Crippen LogP contribution in [0.5, 0.6) is 0 Å². The zero-order valence-corrected chi connectivity index (χ0v) is 16.6. The summed E-state index contributed by atoms with van der Waals surface area (Å²) in [6.45, 7) is 2.58. The van der Waals surface area contributed by atoms with E-state index in [0.717, 1.165) is 42.9 Å². The Labute approximate surface area is 160 Å². The van der Waals surface area contributed by atoms with E-state index in [-0.39, 0.29) is 11.9 Å². The maximum atomic E-state index is 12.6. The smallest absolute Gasteiger partial charge is 0.243 e. The van der Waals surface area contributed by atoms with Crippen molar-refractivity contribution in [3.63, 3.8) is 0 Å². The van der Waals surface area contributed by atoms with Crippen molar-refractivity contribution in [2.45, 2.75) is 43.2 Å². The molecule has 0 spiro atoms. The molecule has 2 heterocycles. The highest BCUT2D eigenvalue weighted by Crippen LogP contribution is 2.20. The van der Waals surface area contributed by atoms with Crippen molar-refractivity contribution in [1.82, 2.24) is 14.9 Å². The van der Waals surface area contributed by atoms with Gasteiger partial charge in [0.2, 0.25) is 15.9 Å². The van der Waals surface area contributed by atoms with E-state index in [1.807, 2.05) is 11.8 Å². The van der Waals surface area contributed by atoms with Crippen molar-refractivity contribution in [3.8, 4) is 0 Å². The molecule has 1 aromatic rings. The summed E-state index contributed by atoms with van der Waals surface area (Å²) in [7, 11) is -3.39. The molecule has 144 valence electrons. The monoisotopic (exact) mass is 397 g/mol. The first kappa shape index (κ1) is 19.7. The summed E-state index contributed by atoms with van der Waals surface area (Å²) in [6, 6.07) is 7.10. The van der Waals surface area contributed by atoms with Gasteiger partial charge >= 0.3 is 0 Å². The Balaban J connectivity index is 1.51. The molecule has 1 aromatic carbocycles. The van der Waals surface area contributed by atoms with E-state index in [1.54, 1.807) is 28.6 Å². The van der Waals surface area contributed by atoms with Crippen LogP contribution in [0.25, 0.3) is 0 Å². The van der Waals surface area contributed by atoms with Gasteiger partial charge in [0.15, 0.2) is 0 Å². The van der Waals surface area contributed by atoms with Crippen molar-refractivity contribution >= 4 is 27.7 Å². The Morgan fingerprint density at radius 1 is 1.19 bits per heavy atom. The van der Waals surface area contributed by atoms with E-state index in [9.17, 15) is 13.2 Å². The number of thioether (sulfide) groups is 1. The topological polar surface area (TPSA) is 78.5 Å². The number of amides is 1. The van der Waals surface area contributed by atoms with Crippen LogP contribution in [0.2, 0.25) is 0 Å². The molecule has 1 atom stereocenters. The van der Waals surface area contributed by atoms with Crippen molar-refractivity contribution in [3.05, 3.63) is 29.8 Å². The molecular weight excluding hydrogens is 370 g/mol. The third-order valence-corrected chi connectivity index (χ3v) is 7.84. The number of carbonyl (C=O) groups is 1.